The van der Waals surface area contributed by atoms with E-state index in [2.05, 4.69) is 29.8 Å². The SMILES string of the molecule is Cc1ccc([C@H](C)C(=O)N2[C@H]3C[C@@H]4CC[C@@]3(CS2(=O)=O)C4(C)C)c(Br)c1. The third-order valence-corrected chi connectivity index (χ3v) is 10.2. The van der Waals surface area contributed by atoms with Crippen molar-refractivity contribution >= 4 is 31.9 Å². The molecule has 1 aromatic rings. The van der Waals surface area contributed by atoms with Gasteiger partial charge in [-0.1, -0.05) is 41.9 Å². The molecule has 4 atom stereocenters. The zero-order valence-corrected chi connectivity index (χ0v) is 18.2. The summed E-state index contributed by atoms with van der Waals surface area (Å²) in [5, 5.41) is 0. The summed E-state index contributed by atoms with van der Waals surface area (Å²) < 4.78 is 28.3. The second-order valence-electron chi connectivity index (χ2n) is 9.00. The molecule has 2 aliphatic carbocycles. The van der Waals surface area contributed by atoms with Crippen LogP contribution in [0.4, 0.5) is 0 Å². The molecule has 4 rings (SSSR count). The Labute approximate surface area is 164 Å². The van der Waals surface area contributed by atoms with Crippen LogP contribution in [0.1, 0.15) is 57.1 Å². The molecule has 3 fully saturated rings. The smallest absolute Gasteiger partial charge is 0.243 e. The first-order valence-corrected chi connectivity index (χ1v) is 11.7. The van der Waals surface area contributed by atoms with E-state index in [1.807, 2.05) is 32.0 Å². The maximum absolute atomic E-state index is 13.4. The first kappa shape index (κ1) is 18.5. The molecular weight excluding hydrogens is 414 g/mol. The number of carbonyl (C=O) groups is 1. The first-order valence-electron chi connectivity index (χ1n) is 9.33. The Balaban J connectivity index is 1.72. The van der Waals surface area contributed by atoms with E-state index in [-0.39, 0.29) is 28.5 Å². The number of benzene rings is 1. The third kappa shape index (κ3) is 2.24. The van der Waals surface area contributed by atoms with Crippen LogP contribution in [-0.2, 0) is 14.8 Å². The molecule has 26 heavy (non-hydrogen) atoms. The zero-order chi connectivity index (χ0) is 19.1. The van der Waals surface area contributed by atoms with Gasteiger partial charge in [-0.15, -0.1) is 0 Å². The van der Waals surface area contributed by atoms with Gasteiger partial charge in [-0.3, -0.25) is 4.79 Å². The van der Waals surface area contributed by atoms with Crippen LogP contribution in [-0.4, -0.2) is 30.4 Å². The molecule has 1 saturated heterocycles. The highest BCUT2D eigenvalue weighted by atomic mass is 79.9. The number of aryl methyl sites for hydroxylation is 1. The highest BCUT2D eigenvalue weighted by molar-refractivity contribution is 9.10. The first-order chi connectivity index (χ1) is 12.0. The summed E-state index contributed by atoms with van der Waals surface area (Å²) in [4.78, 5) is 13.4. The normalized spacial score (nSPS) is 34.7. The van der Waals surface area contributed by atoms with Crippen molar-refractivity contribution in [2.75, 3.05) is 5.75 Å². The number of amides is 1. The van der Waals surface area contributed by atoms with Crippen molar-refractivity contribution in [3.63, 3.8) is 0 Å². The minimum Gasteiger partial charge on any atom is -0.273 e. The van der Waals surface area contributed by atoms with E-state index < -0.39 is 15.9 Å². The number of nitrogens with zero attached hydrogens (tertiary/aromatic N) is 1. The predicted molar refractivity (Wildman–Crippen MR) is 105 cm³/mol. The van der Waals surface area contributed by atoms with Crippen LogP contribution in [0.2, 0.25) is 0 Å². The van der Waals surface area contributed by atoms with Crippen molar-refractivity contribution in [2.45, 2.75) is 58.9 Å². The van der Waals surface area contributed by atoms with E-state index in [0.29, 0.717) is 5.92 Å². The maximum atomic E-state index is 13.4. The molecule has 1 spiro atoms. The number of fused-ring (bicyclic) bond motifs is 1. The maximum Gasteiger partial charge on any atom is 0.243 e. The Hall–Kier alpha value is -0.880. The van der Waals surface area contributed by atoms with E-state index in [1.165, 1.54) is 4.31 Å². The highest BCUT2D eigenvalue weighted by Gasteiger charge is 2.72. The van der Waals surface area contributed by atoms with Crippen molar-refractivity contribution in [1.29, 1.82) is 0 Å². The summed E-state index contributed by atoms with van der Waals surface area (Å²) in [5.41, 5.74) is 1.66. The molecule has 1 aromatic carbocycles. The molecule has 142 valence electrons. The summed E-state index contributed by atoms with van der Waals surface area (Å²) in [6.07, 6.45) is 2.82. The molecule has 2 saturated carbocycles. The van der Waals surface area contributed by atoms with Gasteiger partial charge in [-0.25, -0.2) is 12.7 Å². The summed E-state index contributed by atoms with van der Waals surface area (Å²) in [6.45, 7) is 8.21. The molecule has 0 aromatic heterocycles. The van der Waals surface area contributed by atoms with E-state index in [0.717, 1.165) is 34.9 Å². The molecule has 1 amide bonds. The lowest BCUT2D eigenvalue weighted by Crippen LogP contribution is -2.45. The minimum absolute atomic E-state index is 0.0204. The van der Waals surface area contributed by atoms with Gasteiger partial charge in [0.1, 0.15) is 0 Å². The second kappa shape index (κ2) is 5.57. The van der Waals surface area contributed by atoms with Gasteiger partial charge in [0.2, 0.25) is 15.9 Å². The van der Waals surface area contributed by atoms with Crippen LogP contribution in [0.25, 0.3) is 0 Å². The van der Waals surface area contributed by atoms with Gasteiger partial charge in [0, 0.05) is 9.89 Å². The Morgan fingerprint density at radius 3 is 2.65 bits per heavy atom. The van der Waals surface area contributed by atoms with Gasteiger partial charge in [-0.2, -0.15) is 0 Å². The quantitative estimate of drug-likeness (QED) is 0.692. The van der Waals surface area contributed by atoms with Gasteiger partial charge < -0.3 is 0 Å². The lowest BCUT2D eigenvalue weighted by Gasteiger charge is -2.37. The topological polar surface area (TPSA) is 54.5 Å². The van der Waals surface area contributed by atoms with Crippen molar-refractivity contribution in [3.8, 4) is 0 Å². The number of hydrogen-bond acceptors (Lipinski definition) is 3. The molecule has 3 aliphatic rings. The van der Waals surface area contributed by atoms with Gasteiger partial charge in [0.05, 0.1) is 17.7 Å². The average Bonchev–Trinajstić information content (AvgIpc) is 3.01. The lowest BCUT2D eigenvalue weighted by atomic mass is 9.69. The molecule has 2 bridgehead atoms. The van der Waals surface area contributed by atoms with Crippen LogP contribution in [0.3, 0.4) is 0 Å². The number of sulfonamides is 1. The fourth-order valence-corrected chi connectivity index (χ4v) is 9.33. The Morgan fingerprint density at radius 2 is 2.04 bits per heavy atom. The average molecular weight is 440 g/mol. The molecule has 6 heteroatoms. The van der Waals surface area contributed by atoms with Gasteiger partial charge in [-0.05, 0) is 61.6 Å². The van der Waals surface area contributed by atoms with E-state index in [4.69, 9.17) is 0 Å². The fraction of sp³-hybridized carbons (Fsp3) is 0.650. The number of carbonyl (C=O) groups excluding carboxylic acids is 1. The van der Waals surface area contributed by atoms with Crippen molar-refractivity contribution in [1.82, 2.24) is 4.31 Å². The number of halogens is 1. The zero-order valence-electron chi connectivity index (χ0n) is 15.8. The summed E-state index contributed by atoms with van der Waals surface area (Å²) >= 11 is 3.54. The van der Waals surface area contributed by atoms with Gasteiger partial charge in [0.15, 0.2) is 0 Å². The Bertz CT molecular complexity index is 894. The largest absolute Gasteiger partial charge is 0.273 e. The molecule has 0 N–H and O–H groups in total. The highest BCUT2D eigenvalue weighted by Crippen LogP contribution is 2.70. The van der Waals surface area contributed by atoms with Crippen LogP contribution in [0.5, 0.6) is 0 Å². The van der Waals surface area contributed by atoms with Crippen molar-refractivity contribution < 1.29 is 13.2 Å². The predicted octanol–water partition coefficient (Wildman–Crippen LogP) is 4.23. The standard InChI is InChI=1S/C20H26BrNO3S/c1-12-5-6-15(16(21)9-12)13(2)18(23)22-17-10-14-7-8-20(17,19(14,3)4)11-26(22,24)25/h5-6,9,13-14,17H,7-8,10-11H2,1-4H3/t13-,14-,17-,20-/m0/s1. The molecular formula is C20H26BrNO3S. The van der Waals surface area contributed by atoms with Crippen LogP contribution in [0.15, 0.2) is 22.7 Å². The van der Waals surface area contributed by atoms with Crippen molar-refractivity contribution in [2.24, 2.45) is 16.7 Å². The Kier molecular flexibility index (Phi) is 3.96. The molecule has 0 unspecified atom stereocenters. The molecule has 4 nitrogen and oxygen atoms in total. The third-order valence-electron chi connectivity index (χ3n) is 7.62. The van der Waals surface area contributed by atoms with Gasteiger partial charge >= 0.3 is 0 Å². The molecule has 1 heterocycles. The summed E-state index contributed by atoms with van der Waals surface area (Å²) in [5.74, 6) is -0.126. The van der Waals surface area contributed by atoms with E-state index in [1.54, 1.807) is 0 Å². The minimum atomic E-state index is -3.57. The lowest BCUT2D eigenvalue weighted by molar-refractivity contribution is -0.130. The monoisotopic (exact) mass is 439 g/mol. The van der Waals surface area contributed by atoms with Crippen molar-refractivity contribution in [3.05, 3.63) is 33.8 Å². The summed E-state index contributed by atoms with van der Waals surface area (Å²) in [6, 6.07) is 5.69. The van der Waals surface area contributed by atoms with Crippen LogP contribution < -0.4 is 0 Å². The second-order valence-corrected chi connectivity index (χ2v) is 11.7. The Morgan fingerprint density at radius 1 is 1.35 bits per heavy atom. The molecule has 1 aliphatic heterocycles. The summed E-state index contributed by atoms with van der Waals surface area (Å²) in [7, 11) is -3.57. The fourth-order valence-electron chi connectivity index (χ4n) is 5.89. The number of hydrogen-bond donors (Lipinski definition) is 0. The van der Waals surface area contributed by atoms with Crippen LogP contribution in [0, 0.1) is 23.7 Å². The molecule has 0 radical (unpaired) electrons. The number of rotatable bonds is 2. The van der Waals surface area contributed by atoms with Crippen LogP contribution >= 0.6 is 15.9 Å². The van der Waals surface area contributed by atoms with E-state index >= 15 is 0 Å². The van der Waals surface area contributed by atoms with E-state index in [9.17, 15) is 13.2 Å². The van der Waals surface area contributed by atoms with Gasteiger partial charge in [0.25, 0.3) is 0 Å².